The van der Waals surface area contributed by atoms with Gasteiger partial charge in [0.2, 0.25) is 5.91 Å². The van der Waals surface area contributed by atoms with Gasteiger partial charge in [-0.25, -0.2) is 4.98 Å². The molecule has 1 amide bonds. The molecule has 0 bridgehead atoms. The minimum Gasteiger partial charge on any atom is -0.364 e. The number of aromatic nitrogens is 2. The van der Waals surface area contributed by atoms with E-state index < -0.39 is 0 Å². The van der Waals surface area contributed by atoms with Gasteiger partial charge in [-0.1, -0.05) is 24.3 Å². The first-order valence-electron chi connectivity index (χ1n) is 7.92. The van der Waals surface area contributed by atoms with Gasteiger partial charge in [-0.2, -0.15) is 0 Å². The highest BCUT2D eigenvalue weighted by Crippen LogP contribution is 2.19. The molecule has 1 aliphatic heterocycles. The lowest BCUT2D eigenvalue weighted by molar-refractivity contribution is -0.132. The van der Waals surface area contributed by atoms with Crippen LogP contribution in [0.15, 0.2) is 43.0 Å². The predicted octanol–water partition coefficient (Wildman–Crippen LogP) is 1.05. The molecule has 2 atom stereocenters. The highest BCUT2D eigenvalue weighted by Gasteiger charge is 2.29. The molecule has 6 nitrogen and oxygen atoms in total. The van der Waals surface area contributed by atoms with E-state index in [1.807, 2.05) is 29.0 Å². The van der Waals surface area contributed by atoms with E-state index in [2.05, 4.69) is 16.4 Å². The van der Waals surface area contributed by atoms with Crippen molar-refractivity contribution in [2.75, 3.05) is 6.54 Å². The smallest absolute Gasteiger partial charge is 0.249 e. The van der Waals surface area contributed by atoms with Gasteiger partial charge >= 0.3 is 0 Å². The molecule has 0 aliphatic carbocycles. The monoisotopic (exact) mass is 314 g/mol. The van der Waals surface area contributed by atoms with Crippen LogP contribution in [0, 0.1) is 0 Å². The number of benzene rings is 1. The van der Waals surface area contributed by atoms with Crippen molar-refractivity contribution in [1.82, 2.24) is 14.9 Å². The Kier molecular flexibility index (Phi) is 5.05. The van der Waals surface area contributed by atoms with Crippen molar-refractivity contribution >= 4 is 5.91 Å². The van der Waals surface area contributed by atoms with Crippen molar-refractivity contribution in [2.45, 2.75) is 38.1 Å². The van der Waals surface area contributed by atoms with Crippen LogP contribution in [0.1, 0.15) is 24.0 Å². The number of carbonyl (C=O) groups excluding carboxylic acids is 1. The van der Waals surface area contributed by atoms with Gasteiger partial charge in [-0.15, -0.1) is 0 Å². The lowest BCUT2D eigenvalue weighted by Crippen LogP contribution is -2.35. The number of hydrogen-bond acceptors (Lipinski definition) is 4. The molecule has 2 aromatic rings. The van der Waals surface area contributed by atoms with Gasteiger partial charge in [-0.3, -0.25) is 4.79 Å². The van der Waals surface area contributed by atoms with Gasteiger partial charge in [0, 0.05) is 32.0 Å². The predicted molar refractivity (Wildman–Crippen MR) is 86.6 cm³/mol. The molecule has 0 spiro atoms. The summed E-state index contributed by atoms with van der Waals surface area (Å²) in [5.74, 6) is -0.0571. The molecule has 23 heavy (non-hydrogen) atoms. The standard InChI is InChI=1S/C17H22N4O2/c18-9-15-5-6-16(23-15)17(22)20-10-13-3-1-2-4-14(13)11-21-8-7-19-12-21/h1-4,7-8,12,15-16H,5-6,9-11,18H2,(H,20,22)/t15-,16+/m1/s1. The van der Waals surface area contributed by atoms with Gasteiger partial charge in [0.1, 0.15) is 6.10 Å². The number of hydrogen-bond donors (Lipinski definition) is 2. The summed E-state index contributed by atoms with van der Waals surface area (Å²) in [6, 6.07) is 8.08. The van der Waals surface area contributed by atoms with Gasteiger partial charge in [0.25, 0.3) is 0 Å². The molecule has 122 valence electrons. The molecule has 3 N–H and O–H groups in total. The minimum atomic E-state index is -0.371. The van der Waals surface area contributed by atoms with Crippen molar-refractivity contribution in [2.24, 2.45) is 5.73 Å². The lowest BCUT2D eigenvalue weighted by Gasteiger charge is -2.14. The van der Waals surface area contributed by atoms with E-state index in [4.69, 9.17) is 10.5 Å². The van der Waals surface area contributed by atoms with E-state index in [0.717, 1.165) is 30.5 Å². The third kappa shape index (κ3) is 3.97. The summed E-state index contributed by atoms with van der Waals surface area (Å²) in [6.45, 7) is 1.70. The second-order valence-electron chi connectivity index (χ2n) is 5.78. The Morgan fingerprint density at radius 2 is 2.17 bits per heavy atom. The Morgan fingerprint density at radius 3 is 2.87 bits per heavy atom. The zero-order chi connectivity index (χ0) is 16.1. The molecule has 1 aromatic heterocycles. The molecule has 0 radical (unpaired) electrons. The summed E-state index contributed by atoms with van der Waals surface area (Å²) >= 11 is 0. The summed E-state index contributed by atoms with van der Waals surface area (Å²) in [7, 11) is 0. The largest absolute Gasteiger partial charge is 0.364 e. The number of rotatable bonds is 6. The normalized spacial score (nSPS) is 20.6. The number of ether oxygens (including phenoxy) is 1. The molecular weight excluding hydrogens is 292 g/mol. The van der Waals surface area contributed by atoms with Gasteiger partial charge in [-0.05, 0) is 24.0 Å². The Hall–Kier alpha value is -2.18. The van der Waals surface area contributed by atoms with Crippen molar-refractivity contribution < 1.29 is 9.53 Å². The van der Waals surface area contributed by atoms with Crippen LogP contribution in [-0.2, 0) is 22.6 Å². The van der Waals surface area contributed by atoms with Crippen LogP contribution in [0.25, 0.3) is 0 Å². The number of nitrogens with zero attached hydrogens (tertiary/aromatic N) is 2. The zero-order valence-electron chi connectivity index (χ0n) is 13.0. The first-order valence-corrected chi connectivity index (χ1v) is 7.92. The number of nitrogens with one attached hydrogen (secondary N) is 1. The molecule has 2 heterocycles. The maximum absolute atomic E-state index is 12.2. The van der Waals surface area contributed by atoms with Gasteiger partial charge in [0.05, 0.1) is 12.4 Å². The molecule has 1 aromatic carbocycles. The lowest BCUT2D eigenvalue weighted by atomic mass is 10.1. The minimum absolute atomic E-state index is 0.0132. The van der Waals surface area contributed by atoms with E-state index in [1.54, 1.807) is 12.5 Å². The van der Waals surface area contributed by atoms with Crippen LogP contribution >= 0.6 is 0 Å². The Labute approximate surface area is 135 Å². The highest BCUT2D eigenvalue weighted by molar-refractivity contribution is 5.81. The fraction of sp³-hybridized carbons (Fsp3) is 0.412. The summed E-state index contributed by atoms with van der Waals surface area (Å²) in [6.07, 6.45) is 6.71. The van der Waals surface area contributed by atoms with Crippen molar-refractivity contribution in [1.29, 1.82) is 0 Å². The van der Waals surface area contributed by atoms with Crippen LogP contribution in [0.2, 0.25) is 0 Å². The molecule has 3 rings (SSSR count). The molecule has 1 aliphatic rings. The van der Waals surface area contributed by atoms with E-state index in [1.165, 1.54) is 0 Å². The van der Waals surface area contributed by atoms with Gasteiger partial charge < -0.3 is 20.4 Å². The second-order valence-corrected chi connectivity index (χ2v) is 5.78. The number of nitrogens with two attached hydrogens (primary N) is 1. The summed E-state index contributed by atoms with van der Waals surface area (Å²) < 4.78 is 7.63. The van der Waals surface area contributed by atoms with Crippen LogP contribution < -0.4 is 11.1 Å². The topological polar surface area (TPSA) is 82.2 Å². The maximum Gasteiger partial charge on any atom is 0.249 e. The van der Waals surface area contributed by atoms with Crippen LogP contribution in [0.5, 0.6) is 0 Å². The molecule has 6 heteroatoms. The van der Waals surface area contributed by atoms with Crippen LogP contribution in [0.3, 0.4) is 0 Å². The molecule has 1 saturated heterocycles. The summed E-state index contributed by atoms with van der Waals surface area (Å²) in [5, 5.41) is 2.98. The SMILES string of the molecule is NC[C@H]1CC[C@@H](C(=O)NCc2ccccc2Cn2ccnc2)O1. The molecule has 1 fully saturated rings. The average Bonchev–Trinajstić information content (AvgIpc) is 3.25. The van der Waals surface area contributed by atoms with Gasteiger partial charge in [0.15, 0.2) is 0 Å². The van der Waals surface area contributed by atoms with E-state index in [9.17, 15) is 4.79 Å². The highest BCUT2D eigenvalue weighted by atomic mass is 16.5. The Balaban J connectivity index is 1.59. The first-order chi connectivity index (χ1) is 11.3. The summed E-state index contributed by atoms with van der Waals surface area (Å²) in [5.41, 5.74) is 7.85. The van der Waals surface area contributed by atoms with E-state index in [-0.39, 0.29) is 18.1 Å². The average molecular weight is 314 g/mol. The van der Waals surface area contributed by atoms with E-state index >= 15 is 0 Å². The molecule has 0 unspecified atom stereocenters. The fourth-order valence-corrected chi connectivity index (χ4v) is 2.83. The Morgan fingerprint density at radius 1 is 1.35 bits per heavy atom. The number of imidazole rings is 1. The third-order valence-electron chi connectivity index (χ3n) is 4.15. The maximum atomic E-state index is 12.2. The van der Waals surface area contributed by atoms with E-state index in [0.29, 0.717) is 13.1 Å². The third-order valence-corrected chi connectivity index (χ3v) is 4.15. The number of carbonyl (C=O) groups is 1. The van der Waals surface area contributed by atoms with Crippen molar-refractivity contribution in [3.63, 3.8) is 0 Å². The van der Waals surface area contributed by atoms with Crippen LogP contribution in [-0.4, -0.2) is 34.2 Å². The fourth-order valence-electron chi connectivity index (χ4n) is 2.83. The quantitative estimate of drug-likeness (QED) is 0.835. The zero-order valence-corrected chi connectivity index (χ0v) is 13.0. The molecular formula is C17H22N4O2. The summed E-state index contributed by atoms with van der Waals surface area (Å²) in [4.78, 5) is 16.3. The second kappa shape index (κ2) is 7.39. The van der Waals surface area contributed by atoms with Crippen molar-refractivity contribution in [3.8, 4) is 0 Å². The van der Waals surface area contributed by atoms with Crippen LogP contribution in [0.4, 0.5) is 0 Å². The van der Waals surface area contributed by atoms with Crippen molar-refractivity contribution in [3.05, 3.63) is 54.1 Å². The Bertz CT molecular complexity index is 642. The molecule has 0 saturated carbocycles. The number of amides is 1. The first kappa shape index (κ1) is 15.7.